The Morgan fingerprint density at radius 1 is 1.40 bits per heavy atom. The summed E-state index contributed by atoms with van der Waals surface area (Å²) >= 11 is 0. The van der Waals surface area contributed by atoms with Gasteiger partial charge < -0.3 is 10.4 Å². The Labute approximate surface area is 144 Å². The molecule has 1 rings (SSSR count). The highest BCUT2D eigenvalue weighted by Crippen LogP contribution is 2.20. The molecule has 138 valence electrons. The molecule has 1 amide bonds. The van der Waals surface area contributed by atoms with Crippen LogP contribution < -0.4 is 5.32 Å². The summed E-state index contributed by atoms with van der Waals surface area (Å²) in [7, 11) is -3.01. The number of carbonyl (C=O) groups excluding carboxylic acids is 1. The molecule has 1 unspecified atom stereocenters. The van der Waals surface area contributed by atoms with Gasteiger partial charge in [-0.3, -0.25) is 14.9 Å². The molecule has 0 fully saturated rings. The minimum absolute atomic E-state index is 0.211. The van der Waals surface area contributed by atoms with Gasteiger partial charge in [-0.1, -0.05) is 19.4 Å². The van der Waals surface area contributed by atoms with Gasteiger partial charge in [-0.25, -0.2) is 13.2 Å². The van der Waals surface area contributed by atoms with Crippen LogP contribution in [-0.4, -0.2) is 54.3 Å². The van der Waals surface area contributed by atoms with Crippen LogP contribution in [0.2, 0.25) is 0 Å². The van der Waals surface area contributed by atoms with Gasteiger partial charge in [0.1, 0.15) is 6.04 Å². The van der Waals surface area contributed by atoms with Crippen LogP contribution in [0, 0.1) is 10.1 Å². The Kier molecular flexibility index (Phi) is 7.00. The van der Waals surface area contributed by atoms with Crippen LogP contribution in [0.15, 0.2) is 29.2 Å². The number of carbonyl (C=O) groups is 2. The predicted molar refractivity (Wildman–Crippen MR) is 87.4 cm³/mol. The number of carboxylic acid groups (broad SMARTS) is 1. The molecule has 2 N–H and O–H groups in total. The van der Waals surface area contributed by atoms with Crippen LogP contribution in [0.1, 0.15) is 19.8 Å². The van der Waals surface area contributed by atoms with Gasteiger partial charge in [0.15, 0.2) is 0 Å². The average molecular weight is 373 g/mol. The van der Waals surface area contributed by atoms with E-state index in [0.29, 0.717) is 10.7 Å². The van der Waals surface area contributed by atoms with Crippen molar-refractivity contribution in [1.29, 1.82) is 0 Å². The lowest BCUT2D eigenvalue weighted by Crippen LogP contribution is -2.45. The Balaban J connectivity index is 2.89. The van der Waals surface area contributed by atoms with Crippen molar-refractivity contribution in [2.45, 2.75) is 30.7 Å². The zero-order chi connectivity index (χ0) is 19.2. The Bertz CT molecular complexity index is 763. The maximum atomic E-state index is 12.4. The van der Waals surface area contributed by atoms with Crippen LogP contribution in [0.3, 0.4) is 0 Å². The summed E-state index contributed by atoms with van der Waals surface area (Å²) in [5, 5.41) is 22.0. The van der Waals surface area contributed by atoms with Gasteiger partial charge in [0.2, 0.25) is 15.9 Å². The fraction of sp³-hybridized carbons (Fsp3) is 0.429. The van der Waals surface area contributed by atoms with E-state index in [2.05, 4.69) is 5.32 Å². The second-order valence-corrected chi connectivity index (χ2v) is 7.31. The highest BCUT2D eigenvalue weighted by Gasteiger charge is 2.26. The summed E-state index contributed by atoms with van der Waals surface area (Å²) in [4.78, 5) is 32.6. The van der Waals surface area contributed by atoms with E-state index in [1.54, 1.807) is 6.92 Å². The van der Waals surface area contributed by atoms with Gasteiger partial charge >= 0.3 is 5.97 Å². The zero-order valence-corrected chi connectivity index (χ0v) is 14.5. The number of nitro groups is 1. The number of carboxylic acids is 1. The molecule has 0 aromatic heterocycles. The molecule has 0 heterocycles. The first-order valence-corrected chi connectivity index (χ1v) is 8.76. The lowest BCUT2D eigenvalue weighted by molar-refractivity contribution is -0.385. The van der Waals surface area contributed by atoms with Gasteiger partial charge in [-0.2, -0.15) is 4.31 Å². The maximum absolute atomic E-state index is 12.4. The number of hydrogen-bond acceptors (Lipinski definition) is 6. The lowest BCUT2D eigenvalue weighted by Gasteiger charge is -2.19. The van der Waals surface area contributed by atoms with Crippen molar-refractivity contribution in [1.82, 2.24) is 9.62 Å². The molecule has 0 radical (unpaired) electrons. The molecular weight excluding hydrogens is 354 g/mol. The molecule has 1 atom stereocenters. The van der Waals surface area contributed by atoms with E-state index in [-0.39, 0.29) is 11.3 Å². The predicted octanol–water partition coefficient (Wildman–Crippen LogP) is 0.585. The first kappa shape index (κ1) is 20.5. The molecule has 10 nitrogen and oxygen atoms in total. The van der Waals surface area contributed by atoms with Crippen molar-refractivity contribution in [3.63, 3.8) is 0 Å². The summed E-state index contributed by atoms with van der Waals surface area (Å²) in [5.41, 5.74) is -0.396. The van der Waals surface area contributed by atoms with Gasteiger partial charge in [-0.15, -0.1) is 0 Å². The van der Waals surface area contributed by atoms with Gasteiger partial charge in [0.25, 0.3) is 5.69 Å². The van der Waals surface area contributed by atoms with E-state index in [9.17, 15) is 28.1 Å². The first-order chi connectivity index (χ1) is 11.6. The largest absolute Gasteiger partial charge is 0.480 e. The van der Waals surface area contributed by atoms with Crippen LogP contribution in [0.25, 0.3) is 0 Å². The molecular formula is C14H19N3O7S. The second kappa shape index (κ2) is 8.53. The monoisotopic (exact) mass is 373 g/mol. The van der Waals surface area contributed by atoms with Crippen molar-refractivity contribution in [3.8, 4) is 0 Å². The fourth-order valence-corrected chi connectivity index (χ4v) is 3.18. The van der Waals surface area contributed by atoms with E-state index in [0.717, 1.165) is 19.2 Å². The smallest absolute Gasteiger partial charge is 0.326 e. The van der Waals surface area contributed by atoms with E-state index in [1.165, 1.54) is 12.1 Å². The molecule has 0 bridgehead atoms. The third-order valence-electron chi connectivity index (χ3n) is 3.31. The summed E-state index contributed by atoms with van der Waals surface area (Å²) in [6.45, 7) is 1.14. The number of rotatable bonds is 9. The third kappa shape index (κ3) is 5.50. The van der Waals surface area contributed by atoms with Crippen molar-refractivity contribution >= 4 is 27.6 Å². The van der Waals surface area contributed by atoms with Crippen LogP contribution >= 0.6 is 0 Å². The molecule has 1 aromatic rings. The fourth-order valence-electron chi connectivity index (χ4n) is 2.01. The summed E-state index contributed by atoms with van der Waals surface area (Å²) in [6, 6.07) is 3.33. The summed E-state index contributed by atoms with van der Waals surface area (Å²) in [5.74, 6) is -1.99. The van der Waals surface area contributed by atoms with E-state index in [1.807, 2.05) is 0 Å². The number of nitrogens with one attached hydrogen (secondary N) is 1. The van der Waals surface area contributed by atoms with Gasteiger partial charge in [-0.05, 0) is 12.5 Å². The normalized spacial score (nSPS) is 12.6. The molecule has 25 heavy (non-hydrogen) atoms. The number of nitro benzene ring substituents is 1. The molecule has 0 spiro atoms. The van der Waals surface area contributed by atoms with Crippen molar-refractivity contribution in [2.24, 2.45) is 0 Å². The molecule has 0 saturated carbocycles. The van der Waals surface area contributed by atoms with Crippen molar-refractivity contribution < 1.29 is 28.0 Å². The standard InChI is InChI=1S/C14H19N3O7S/c1-3-5-12(14(19)20)15-13(18)9-16(2)25(23,24)11-7-4-6-10(8-11)17(21)22/h4,6-8,12H,3,5,9H2,1-2H3,(H,15,18)(H,19,20). The van der Waals surface area contributed by atoms with Gasteiger partial charge in [0.05, 0.1) is 16.4 Å². The minimum atomic E-state index is -4.14. The Hall–Kier alpha value is -2.53. The van der Waals surface area contributed by atoms with Crippen molar-refractivity contribution in [2.75, 3.05) is 13.6 Å². The molecule has 0 aliphatic heterocycles. The average Bonchev–Trinajstić information content (AvgIpc) is 2.54. The second-order valence-electron chi connectivity index (χ2n) is 5.26. The van der Waals surface area contributed by atoms with E-state index >= 15 is 0 Å². The number of benzene rings is 1. The lowest BCUT2D eigenvalue weighted by atomic mass is 10.2. The van der Waals surface area contributed by atoms with Crippen LogP contribution in [-0.2, 0) is 19.6 Å². The molecule has 0 aliphatic carbocycles. The Morgan fingerprint density at radius 3 is 2.56 bits per heavy atom. The van der Waals surface area contributed by atoms with Crippen LogP contribution in [0.4, 0.5) is 5.69 Å². The Morgan fingerprint density at radius 2 is 2.04 bits per heavy atom. The zero-order valence-electron chi connectivity index (χ0n) is 13.7. The highest BCUT2D eigenvalue weighted by molar-refractivity contribution is 7.89. The number of amides is 1. The quantitative estimate of drug-likeness (QED) is 0.475. The maximum Gasteiger partial charge on any atom is 0.326 e. The SMILES string of the molecule is CCCC(NC(=O)CN(C)S(=O)(=O)c1cccc([N+](=O)[O-])c1)C(=O)O. The summed E-state index contributed by atoms with van der Waals surface area (Å²) < 4.78 is 25.5. The molecule has 1 aromatic carbocycles. The van der Waals surface area contributed by atoms with E-state index < -0.39 is 45.1 Å². The number of aliphatic carboxylic acids is 1. The number of sulfonamides is 1. The number of likely N-dealkylation sites (N-methyl/N-ethyl adjacent to an activating group) is 1. The highest BCUT2D eigenvalue weighted by atomic mass is 32.2. The molecule has 0 aliphatic rings. The van der Waals surface area contributed by atoms with E-state index in [4.69, 9.17) is 5.11 Å². The van der Waals surface area contributed by atoms with Crippen LogP contribution in [0.5, 0.6) is 0 Å². The summed E-state index contributed by atoms with van der Waals surface area (Å²) in [6.07, 6.45) is 0.738. The number of non-ortho nitro benzene ring substituents is 1. The van der Waals surface area contributed by atoms with Crippen molar-refractivity contribution in [3.05, 3.63) is 34.4 Å². The third-order valence-corrected chi connectivity index (χ3v) is 5.11. The van der Waals surface area contributed by atoms with Gasteiger partial charge in [0, 0.05) is 19.2 Å². The first-order valence-electron chi connectivity index (χ1n) is 7.32. The minimum Gasteiger partial charge on any atom is -0.480 e. The topological polar surface area (TPSA) is 147 Å². The molecule has 11 heteroatoms. The number of nitrogens with zero attached hydrogens (tertiary/aromatic N) is 2. The molecule has 0 saturated heterocycles. The number of hydrogen-bond donors (Lipinski definition) is 2.